The van der Waals surface area contributed by atoms with Crippen molar-refractivity contribution in [1.29, 1.82) is 0 Å². The first-order valence-electron chi connectivity index (χ1n) is 4.70. The topological polar surface area (TPSA) is 3.24 Å². The molecule has 2 aliphatic rings. The maximum Gasteiger partial charge on any atom is 0.0215 e. The first-order valence-corrected chi connectivity index (χ1v) is 5.74. The van der Waals surface area contributed by atoms with E-state index in [-0.39, 0.29) is 0 Å². The molecular formula is C9H17NS. The summed E-state index contributed by atoms with van der Waals surface area (Å²) in [5, 5.41) is 0.975. The summed E-state index contributed by atoms with van der Waals surface area (Å²) in [7, 11) is 2.29. The Kier molecular flexibility index (Phi) is 2.42. The number of rotatable bonds is 0. The fraction of sp³-hybridized carbons (Fsp3) is 1.00. The number of nitrogens with zero attached hydrogens (tertiary/aromatic N) is 1. The van der Waals surface area contributed by atoms with Crippen molar-refractivity contribution in [3.05, 3.63) is 0 Å². The van der Waals surface area contributed by atoms with Crippen molar-refractivity contribution in [3.8, 4) is 0 Å². The highest BCUT2D eigenvalue weighted by Crippen LogP contribution is 2.34. The third-order valence-electron chi connectivity index (χ3n) is 2.99. The van der Waals surface area contributed by atoms with Gasteiger partial charge in [-0.3, -0.25) is 0 Å². The van der Waals surface area contributed by atoms with E-state index in [1.807, 2.05) is 0 Å². The molecule has 2 aliphatic heterocycles. The lowest BCUT2D eigenvalue weighted by molar-refractivity contribution is 0.296. The van der Waals surface area contributed by atoms with E-state index < -0.39 is 0 Å². The molecule has 2 atom stereocenters. The van der Waals surface area contributed by atoms with Gasteiger partial charge in [0, 0.05) is 11.3 Å². The van der Waals surface area contributed by atoms with Crippen molar-refractivity contribution in [1.82, 2.24) is 4.90 Å². The predicted molar refractivity (Wildman–Crippen MR) is 51.1 cm³/mol. The van der Waals surface area contributed by atoms with Crippen LogP contribution < -0.4 is 0 Å². The Morgan fingerprint density at radius 3 is 3.09 bits per heavy atom. The van der Waals surface area contributed by atoms with Crippen LogP contribution in [0.25, 0.3) is 0 Å². The van der Waals surface area contributed by atoms with Crippen molar-refractivity contribution in [2.75, 3.05) is 19.3 Å². The highest BCUT2D eigenvalue weighted by atomic mass is 32.2. The van der Waals surface area contributed by atoms with E-state index in [4.69, 9.17) is 0 Å². The van der Waals surface area contributed by atoms with Crippen LogP contribution >= 0.6 is 11.8 Å². The number of hydrogen-bond donors (Lipinski definition) is 0. The summed E-state index contributed by atoms with van der Waals surface area (Å²) < 4.78 is 0. The predicted octanol–water partition coefficient (Wildman–Crippen LogP) is 1.98. The highest BCUT2D eigenvalue weighted by Gasteiger charge is 2.32. The molecule has 0 aromatic carbocycles. The van der Waals surface area contributed by atoms with Crippen LogP contribution in [0.5, 0.6) is 0 Å². The van der Waals surface area contributed by atoms with Crippen molar-refractivity contribution < 1.29 is 0 Å². The maximum atomic E-state index is 2.56. The quantitative estimate of drug-likeness (QED) is 0.548. The lowest BCUT2D eigenvalue weighted by atomic mass is 10.1. The normalized spacial score (nSPS) is 40.1. The maximum absolute atomic E-state index is 2.56. The molecule has 64 valence electrons. The van der Waals surface area contributed by atoms with Gasteiger partial charge in [-0.1, -0.05) is 6.42 Å². The summed E-state index contributed by atoms with van der Waals surface area (Å²) >= 11 is 2.22. The molecule has 11 heavy (non-hydrogen) atoms. The minimum Gasteiger partial charge on any atom is -0.302 e. The van der Waals surface area contributed by atoms with E-state index >= 15 is 0 Å². The summed E-state index contributed by atoms with van der Waals surface area (Å²) in [5.74, 6) is 1.41. The van der Waals surface area contributed by atoms with Crippen LogP contribution in [-0.4, -0.2) is 35.5 Å². The SMILES string of the molecule is CN1CCC2SCCCCC21. The van der Waals surface area contributed by atoms with Gasteiger partial charge >= 0.3 is 0 Å². The second kappa shape index (κ2) is 3.36. The van der Waals surface area contributed by atoms with Gasteiger partial charge in [0.2, 0.25) is 0 Å². The summed E-state index contributed by atoms with van der Waals surface area (Å²) in [6.07, 6.45) is 5.80. The fourth-order valence-electron chi connectivity index (χ4n) is 2.26. The molecule has 0 N–H and O–H groups in total. The van der Waals surface area contributed by atoms with Crippen LogP contribution in [0.2, 0.25) is 0 Å². The van der Waals surface area contributed by atoms with E-state index in [1.165, 1.54) is 38.0 Å². The molecule has 2 heteroatoms. The van der Waals surface area contributed by atoms with Crippen molar-refractivity contribution in [3.63, 3.8) is 0 Å². The Labute approximate surface area is 73.5 Å². The Hall–Kier alpha value is 0.310. The summed E-state index contributed by atoms with van der Waals surface area (Å²) in [5.41, 5.74) is 0. The van der Waals surface area contributed by atoms with Gasteiger partial charge in [-0.2, -0.15) is 11.8 Å². The Balaban J connectivity index is 2.00. The smallest absolute Gasteiger partial charge is 0.0215 e. The summed E-state index contributed by atoms with van der Waals surface area (Å²) in [4.78, 5) is 2.56. The second-order valence-corrected chi connectivity index (χ2v) is 5.09. The van der Waals surface area contributed by atoms with Crippen molar-refractivity contribution >= 4 is 11.8 Å². The molecular weight excluding hydrogens is 154 g/mol. The van der Waals surface area contributed by atoms with E-state index in [1.54, 1.807) is 0 Å². The van der Waals surface area contributed by atoms with Crippen molar-refractivity contribution in [2.24, 2.45) is 0 Å². The van der Waals surface area contributed by atoms with Crippen LogP contribution in [-0.2, 0) is 0 Å². The molecule has 0 saturated carbocycles. The molecule has 0 amide bonds. The van der Waals surface area contributed by atoms with E-state index in [9.17, 15) is 0 Å². The molecule has 0 radical (unpaired) electrons. The zero-order chi connectivity index (χ0) is 7.68. The zero-order valence-electron chi connectivity index (χ0n) is 7.25. The molecule has 0 aromatic rings. The van der Waals surface area contributed by atoms with Crippen LogP contribution in [0.4, 0.5) is 0 Å². The van der Waals surface area contributed by atoms with Gasteiger partial charge in [-0.15, -0.1) is 0 Å². The Bertz CT molecular complexity index is 138. The van der Waals surface area contributed by atoms with E-state index in [2.05, 4.69) is 23.7 Å². The van der Waals surface area contributed by atoms with Crippen LogP contribution in [0.1, 0.15) is 25.7 Å². The molecule has 0 aliphatic carbocycles. The zero-order valence-corrected chi connectivity index (χ0v) is 8.07. The Morgan fingerprint density at radius 1 is 1.27 bits per heavy atom. The molecule has 1 nitrogen and oxygen atoms in total. The number of fused-ring (bicyclic) bond motifs is 1. The molecule has 0 spiro atoms. The second-order valence-electron chi connectivity index (χ2n) is 3.74. The van der Waals surface area contributed by atoms with Crippen molar-refractivity contribution in [2.45, 2.75) is 37.0 Å². The average Bonchev–Trinajstić information content (AvgIpc) is 2.25. The first-order chi connectivity index (χ1) is 5.38. The monoisotopic (exact) mass is 171 g/mol. The molecule has 0 bridgehead atoms. The van der Waals surface area contributed by atoms with Crippen LogP contribution in [0.3, 0.4) is 0 Å². The largest absolute Gasteiger partial charge is 0.302 e. The molecule has 2 saturated heterocycles. The Morgan fingerprint density at radius 2 is 2.18 bits per heavy atom. The summed E-state index contributed by atoms with van der Waals surface area (Å²) in [6.45, 7) is 1.34. The molecule has 0 aromatic heterocycles. The van der Waals surface area contributed by atoms with Gasteiger partial charge in [0.1, 0.15) is 0 Å². The number of hydrogen-bond acceptors (Lipinski definition) is 2. The van der Waals surface area contributed by atoms with Crippen LogP contribution in [0, 0.1) is 0 Å². The minimum atomic E-state index is 0.919. The minimum absolute atomic E-state index is 0.919. The van der Waals surface area contributed by atoms with Gasteiger partial charge in [-0.25, -0.2) is 0 Å². The first kappa shape index (κ1) is 7.93. The lowest BCUT2D eigenvalue weighted by Gasteiger charge is -2.21. The standard InChI is InChI=1S/C9H17NS/c1-10-6-5-9-8(10)4-2-3-7-11-9/h8-9H,2-7H2,1H3. The molecule has 2 heterocycles. The third kappa shape index (κ3) is 1.57. The fourth-order valence-corrected chi connectivity index (χ4v) is 3.78. The molecule has 2 fully saturated rings. The van der Waals surface area contributed by atoms with Gasteiger partial charge in [0.15, 0.2) is 0 Å². The van der Waals surface area contributed by atoms with Crippen LogP contribution in [0.15, 0.2) is 0 Å². The highest BCUT2D eigenvalue weighted by molar-refractivity contribution is 7.99. The van der Waals surface area contributed by atoms with Gasteiger partial charge < -0.3 is 4.90 Å². The third-order valence-corrected chi connectivity index (χ3v) is 4.49. The molecule has 2 rings (SSSR count). The lowest BCUT2D eigenvalue weighted by Crippen LogP contribution is -2.29. The van der Waals surface area contributed by atoms with E-state index in [0.29, 0.717) is 0 Å². The van der Waals surface area contributed by atoms with Gasteiger partial charge in [0.05, 0.1) is 0 Å². The average molecular weight is 171 g/mol. The number of thioether (sulfide) groups is 1. The van der Waals surface area contributed by atoms with Gasteiger partial charge in [-0.05, 0) is 38.6 Å². The van der Waals surface area contributed by atoms with Gasteiger partial charge in [0.25, 0.3) is 0 Å². The number of likely N-dealkylation sites (tertiary alicyclic amines) is 1. The summed E-state index contributed by atoms with van der Waals surface area (Å²) in [6, 6.07) is 0.919. The van der Waals surface area contributed by atoms with E-state index in [0.717, 1.165) is 11.3 Å². The molecule has 2 unspecified atom stereocenters.